The molecule has 0 saturated carbocycles. The highest BCUT2D eigenvalue weighted by atomic mass is 32.2. The third-order valence-corrected chi connectivity index (χ3v) is 8.42. The lowest BCUT2D eigenvalue weighted by Crippen LogP contribution is -2.52. The van der Waals surface area contributed by atoms with E-state index in [-0.39, 0.29) is 37.2 Å². The monoisotopic (exact) mass is 565 g/mol. The Morgan fingerprint density at radius 2 is 1.76 bits per heavy atom. The van der Waals surface area contributed by atoms with E-state index in [9.17, 15) is 19.2 Å². The lowest BCUT2D eigenvalue weighted by Gasteiger charge is -2.27. The van der Waals surface area contributed by atoms with Crippen molar-refractivity contribution in [2.45, 2.75) is 43.4 Å². The van der Waals surface area contributed by atoms with Crippen LogP contribution in [0.1, 0.15) is 31.2 Å². The minimum Gasteiger partial charge on any atom is -0.469 e. The number of nitrogens with one attached hydrogen (secondary N) is 1. The summed E-state index contributed by atoms with van der Waals surface area (Å²) in [6, 6.07) is 9.83. The molecule has 0 aromatic heterocycles. The van der Waals surface area contributed by atoms with Crippen LogP contribution in [0, 0.1) is 0 Å². The Morgan fingerprint density at radius 3 is 2.39 bits per heavy atom. The molecule has 13 heteroatoms. The molecule has 4 rings (SSSR count). The van der Waals surface area contributed by atoms with Crippen LogP contribution in [0.25, 0.3) is 0 Å². The molecule has 3 aliphatic heterocycles. The van der Waals surface area contributed by atoms with Gasteiger partial charge < -0.3 is 19.3 Å². The van der Waals surface area contributed by atoms with Crippen molar-refractivity contribution in [2.24, 2.45) is 9.98 Å². The number of carbonyl (C=O) groups is 4. The second kappa shape index (κ2) is 13.9. The Balaban J connectivity index is 0.000000241. The largest absolute Gasteiger partial charge is 0.469 e. The second-order valence-electron chi connectivity index (χ2n) is 8.73. The van der Waals surface area contributed by atoms with Crippen LogP contribution in [0.5, 0.6) is 0 Å². The van der Waals surface area contributed by atoms with Crippen molar-refractivity contribution < 1.29 is 38.5 Å². The zero-order chi connectivity index (χ0) is 27.6. The molecule has 0 radical (unpaired) electrons. The van der Waals surface area contributed by atoms with Crippen LogP contribution in [0.2, 0.25) is 0 Å². The summed E-state index contributed by atoms with van der Waals surface area (Å²) in [5.74, 6) is -0.393. The van der Waals surface area contributed by atoms with Gasteiger partial charge in [-0.2, -0.15) is 0 Å². The number of aliphatic hydroxyl groups excluding tert-OH is 1. The molecular formula is C25H31N3O8S2. The number of aliphatic hydroxyl groups is 1. The van der Waals surface area contributed by atoms with E-state index in [0.717, 1.165) is 10.6 Å². The number of thioether (sulfide) groups is 2. The smallest absolute Gasteiger partial charge is 0.334 e. The lowest BCUT2D eigenvalue weighted by atomic mass is 9.92. The Hall–Kier alpha value is -2.74. The minimum absolute atomic E-state index is 0.119. The van der Waals surface area contributed by atoms with Crippen molar-refractivity contribution in [2.75, 3.05) is 38.9 Å². The van der Waals surface area contributed by atoms with Crippen LogP contribution < -0.4 is 5.32 Å². The summed E-state index contributed by atoms with van der Waals surface area (Å²) in [6.45, 7) is 0.679. The third-order valence-electron chi connectivity index (χ3n) is 6.08. The number of ether oxygens (including phenoxy) is 3. The van der Waals surface area contributed by atoms with Gasteiger partial charge in [0.15, 0.2) is 11.1 Å². The molecular weight excluding hydrogens is 534 g/mol. The van der Waals surface area contributed by atoms with Crippen LogP contribution in [0.3, 0.4) is 0 Å². The van der Waals surface area contributed by atoms with Crippen LogP contribution in [-0.2, 0) is 40.0 Å². The number of imide groups is 1. The van der Waals surface area contributed by atoms with Gasteiger partial charge in [0, 0.05) is 24.3 Å². The number of benzene rings is 1. The summed E-state index contributed by atoms with van der Waals surface area (Å²) in [5, 5.41) is 12.5. The highest BCUT2D eigenvalue weighted by Crippen LogP contribution is 2.34. The maximum atomic E-state index is 12.1. The molecule has 1 fully saturated rings. The Kier molecular flexibility index (Phi) is 10.9. The molecule has 206 valence electrons. The Morgan fingerprint density at radius 1 is 1.03 bits per heavy atom. The van der Waals surface area contributed by atoms with Gasteiger partial charge >= 0.3 is 11.9 Å². The van der Waals surface area contributed by atoms with E-state index >= 15 is 0 Å². The number of piperidine rings is 1. The van der Waals surface area contributed by atoms with Gasteiger partial charge in [-0.05, 0) is 18.4 Å². The highest BCUT2D eigenvalue weighted by molar-refractivity contribution is 8.14. The molecule has 3 aliphatic rings. The second-order valence-corrected chi connectivity index (χ2v) is 10.8. The zero-order valence-electron chi connectivity index (χ0n) is 21.3. The van der Waals surface area contributed by atoms with Gasteiger partial charge in [-0.3, -0.25) is 29.7 Å². The van der Waals surface area contributed by atoms with E-state index < -0.39 is 17.0 Å². The topological polar surface area (TPSA) is 153 Å². The SMILES string of the molecule is COC(=O)CCC1(C(=O)OC)CSC(COCc2ccccc2)=N1.O=C1CCC2(CSC(CO)=N2)C(=O)N1. The number of hydrogen-bond donors (Lipinski definition) is 2. The first-order valence-electron chi connectivity index (χ1n) is 11.9. The Bertz CT molecular complexity index is 1100. The highest BCUT2D eigenvalue weighted by Gasteiger charge is 2.46. The molecule has 3 heterocycles. The van der Waals surface area contributed by atoms with Crippen molar-refractivity contribution in [3.05, 3.63) is 35.9 Å². The number of carbonyl (C=O) groups excluding carboxylic acids is 4. The number of hydrogen-bond acceptors (Lipinski definition) is 12. The van der Waals surface area contributed by atoms with Crippen molar-refractivity contribution in [3.8, 4) is 0 Å². The summed E-state index contributed by atoms with van der Waals surface area (Å²) < 4.78 is 15.2. The predicted molar refractivity (Wildman–Crippen MR) is 144 cm³/mol. The Labute approximate surface area is 229 Å². The molecule has 1 saturated heterocycles. The third kappa shape index (κ3) is 7.65. The fourth-order valence-electron chi connectivity index (χ4n) is 3.92. The van der Waals surface area contributed by atoms with E-state index in [4.69, 9.17) is 14.6 Å². The van der Waals surface area contributed by atoms with Crippen molar-refractivity contribution in [1.82, 2.24) is 5.32 Å². The number of methoxy groups -OCH3 is 2. The van der Waals surface area contributed by atoms with Gasteiger partial charge in [0.25, 0.3) is 5.91 Å². The first-order valence-corrected chi connectivity index (χ1v) is 13.9. The van der Waals surface area contributed by atoms with Crippen LogP contribution in [0.4, 0.5) is 0 Å². The van der Waals surface area contributed by atoms with Crippen LogP contribution >= 0.6 is 23.5 Å². The molecule has 2 unspecified atom stereocenters. The summed E-state index contributed by atoms with van der Waals surface area (Å²) in [6.07, 6.45) is 1.16. The standard InChI is InChI=1S/C17H21NO5S.C8H10N2O3S/c1-21-15(19)8-9-17(16(20)22-2)12-24-14(18-17)11-23-10-13-6-4-3-5-7-13;11-3-6-10-8(4-14-6)2-1-5(12)9-7(8)13/h3-7H,8-12H2,1-2H3;11H,1-4H2,(H,9,12,13). The molecule has 2 amide bonds. The summed E-state index contributed by atoms with van der Waals surface area (Å²) >= 11 is 2.84. The lowest BCUT2D eigenvalue weighted by molar-refractivity contribution is -0.147. The molecule has 2 atom stereocenters. The number of rotatable bonds is 9. The molecule has 38 heavy (non-hydrogen) atoms. The molecule has 0 aliphatic carbocycles. The maximum absolute atomic E-state index is 12.1. The van der Waals surface area contributed by atoms with E-state index in [1.54, 1.807) is 0 Å². The molecule has 0 bridgehead atoms. The summed E-state index contributed by atoms with van der Waals surface area (Å²) in [4.78, 5) is 54.7. The average Bonchev–Trinajstić information content (AvgIpc) is 3.56. The minimum atomic E-state index is -1.03. The van der Waals surface area contributed by atoms with Crippen molar-refractivity contribution in [3.63, 3.8) is 0 Å². The van der Waals surface area contributed by atoms with Crippen LogP contribution in [0.15, 0.2) is 40.3 Å². The number of esters is 2. The first-order chi connectivity index (χ1) is 18.3. The van der Waals surface area contributed by atoms with Crippen molar-refractivity contribution in [1.29, 1.82) is 0 Å². The maximum Gasteiger partial charge on any atom is 0.334 e. The predicted octanol–water partition coefficient (Wildman–Crippen LogP) is 1.51. The normalized spacial score (nSPS) is 24.2. The van der Waals surface area contributed by atoms with Gasteiger partial charge in [0.1, 0.15) is 0 Å². The number of aliphatic imine (C=N–C) groups is 2. The van der Waals surface area contributed by atoms with Gasteiger partial charge in [-0.1, -0.05) is 30.3 Å². The van der Waals surface area contributed by atoms with E-state index in [2.05, 4.69) is 20.0 Å². The average molecular weight is 566 g/mol. The van der Waals surface area contributed by atoms with E-state index in [1.807, 2.05) is 30.3 Å². The van der Waals surface area contributed by atoms with Crippen molar-refractivity contribution >= 4 is 57.4 Å². The fraction of sp³-hybridized carbons (Fsp3) is 0.520. The fourth-order valence-corrected chi connectivity index (χ4v) is 6.13. The summed E-state index contributed by atoms with van der Waals surface area (Å²) in [7, 11) is 2.65. The first kappa shape index (κ1) is 29.8. The molecule has 11 nitrogen and oxygen atoms in total. The van der Waals surface area contributed by atoms with E-state index in [0.29, 0.717) is 42.6 Å². The quantitative estimate of drug-likeness (QED) is 0.333. The van der Waals surface area contributed by atoms with Crippen LogP contribution in [-0.4, -0.2) is 89.0 Å². The number of nitrogens with zero attached hydrogens (tertiary/aromatic N) is 2. The van der Waals surface area contributed by atoms with E-state index in [1.165, 1.54) is 37.7 Å². The van der Waals surface area contributed by atoms with Gasteiger partial charge in [0.2, 0.25) is 5.91 Å². The molecule has 1 spiro atoms. The zero-order valence-corrected chi connectivity index (χ0v) is 22.9. The molecule has 2 N–H and O–H groups in total. The molecule has 1 aromatic rings. The number of amides is 2. The van der Waals surface area contributed by atoms with Gasteiger partial charge in [-0.25, -0.2) is 4.79 Å². The van der Waals surface area contributed by atoms with Gasteiger partial charge in [0.05, 0.1) is 44.1 Å². The van der Waals surface area contributed by atoms with Gasteiger partial charge in [-0.15, -0.1) is 23.5 Å². The summed E-state index contributed by atoms with van der Waals surface area (Å²) in [5.41, 5.74) is -0.749. The molecule has 1 aromatic carbocycles.